The number of carbonyl (C=O) groups excluding carboxylic acids is 2. The van der Waals surface area contributed by atoms with Crippen molar-refractivity contribution in [1.82, 2.24) is 19.8 Å². The summed E-state index contributed by atoms with van der Waals surface area (Å²) in [4.78, 5) is 39.4. The number of hydrogen-bond acceptors (Lipinski definition) is 6. The predicted molar refractivity (Wildman–Crippen MR) is 108 cm³/mol. The molecule has 154 valence electrons. The number of fused-ring (bicyclic) bond motifs is 1. The summed E-state index contributed by atoms with van der Waals surface area (Å²) in [6, 6.07) is 2.03. The van der Waals surface area contributed by atoms with E-state index in [0.717, 1.165) is 39.0 Å². The van der Waals surface area contributed by atoms with E-state index < -0.39 is 0 Å². The highest BCUT2D eigenvalue weighted by molar-refractivity contribution is 5.85. The molecular weight excluding hydrogens is 380 g/mol. The fourth-order valence-corrected chi connectivity index (χ4v) is 4.65. The van der Waals surface area contributed by atoms with Crippen LogP contribution in [-0.2, 0) is 9.59 Å². The Hall–Kier alpha value is -1.93. The van der Waals surface area contributed by atoms with Crippen LogP contribution in [0.5, 0.6) is 0 Å². The van der Waals surface area contributed by atoms with Crippen LogP contribution in [0.25, 0.3) is 0 Å². The second-order valence-electron chi connectivity index (χ2n) is 7.88. The van der Waals surface area contributed by atoms with Gasteiger partial charge in [-0.3, -0.25) is 9.59 Å². The molecule has 9 heteroatoms. The Morgan fingerprint density at radius 1 is 0.964 bits per heavy atom. The van der Waals surface area contributed by atoms with Crippen molar-refractivity contribution in [1.29, 1.82) is 0 Å². The largest absolute Gasteiger partial charge is 0.342 e. The molecule has 2 amide bonds. The molecule has 4 rings (SSSR count). The van der Waals surface area contributed by atoms with E-state index >= 15 is 0 Å². The van der Waals surface area contributed by atoms with Crippen LogP contribution < -0.4 is 10.6 Å². The Labute approximate surface area is 171 Å². The number of rotatable bonds is 4. The third-order valence-electron chi connectivity index (χ3n) is 6.29. The molecule has 28 heavy (non-hydrogen) atoms. The number of hydrogen-bond donors (Lipinski definition) is 1. The summed E-state index contributed by atoms with van der Waals surface area (Å²) < 4.78 is 0. The summed E-state index contributed by atoms with van der Waals surface area (Å²) in [5, 5.41) is 0. The maximum Gasteiger partial charge on any atom is 0.225 e. The van der Waals surface area contributed by atoms with E-state index in [1.165, 1.54) is 0 Å². The second-order valence-corrected chi connectivity index (χ2v) is 7.88. The van der Waals surface area contributed by atoms with Crippen molar-refractivity contribution in [3.05, 3.63) is 18.5 Å². The maximum absolute atomic E-state index is 12.5. The van der Waals surface area contributed by atoms with Crippen molar-refractivity contribution in [3.8, 4) is 0 Å². The molecule has 2 saturated heterocycles. The highest BCUT2D eigenvalue weighted by Crippen LogP contribution is 2.37. The van der Waals surface area contributed by atoms with Crippen LogP contribution in [0.3, 0.4) is 0 Å². The highest BCUT2D eigenvalue weighted by atomic mass is 35.5. The first-order valence-electron chi connectivity index (χ1n) is 9.95. The van der Waals surface area contributed by atoms with Gasteiger partial charge in [0.25, 0.3) is 0 Å². The predicted octanol–water partition coefficient (Wildman–Crippen LogP) is 0.523. The molecule has 0 spiro atoms. The number of anilines is 1. The molecule has 0 bridgehead atoms. The average Bonchev–Trinajstić information content (AvgIpc) is 3.29. The molecule has 1 saturated carbocycles. The van der Waals surface area contributed by atoms with E-state index in [1.807, 2.05) is 9.80 Å². The van der Waals surface area contributed by atoms with Gasteiger partial charge in [-0.1, -0.05) is 0 Å². The second kappa shape index (κ2) is 9.05. The number of nitrogens with two attached hydrogens (primary N) is 1. The summed E-state index contributed by atoms with van der Waals surface area (Å²) >= 11 is 0. The quantitative estimate of drug-likeness (QED) is 0.780. The van der Waals surface area contributed by atoms with Gasteiger partial charge in [0.2, 0.25) is 17.8 Å². The topological polar surface area (TPSA) is 95.7 Å². The number of amides is 2. The molecule has 3 atom stereocenters. The van der Waals surface area contributed by atoms with Crippen molar-refractivity contribution in [3.63, 3.8) is 0 Å². The third kappa shape index (κ3) is 4.38. The monoisotopic (exact) mass is 408 g/mol. The minimum atomic E-state index is 0. The molecule has 1 aromatic rings. The molecule has 2 aliphatic heterocycles. The first-order chi connectivity index (χ1) is 13.1. The average molecular weight is 409 g/mol. The van der Waals surface area contributed by atoms with Crippen LogP contribution >= 0.6 is 12.4 Å². The molecule has 3 unspecified atom stereocenters. The molecule has 0 radical (unpaired) electrons. The Morgan fingerprint density at radius 2 is 1.61 bits per heavy atom. The summed E-state index contributed by atoms with van der Waals surface area (Å²) in [6.45, 7) is 4.33. The van der Waals surface area contributed by atoms with Crippen molar-refractivity contribution in [2.75, 3.05) is 44.2 Å². The van der Waals surface area contributed by atoms with Crippen molar-refractivity contribution >= 4 is 30.2 Å². The van der Waals surface area contributed by atoms with E-state index in [1.54, 1.807) is 18.5 Å². The Balaban J connectivity index is 0.00000225. The summed E-state index contributed by atoms with van der Waals surface area (Å²) in [5.74, 6) is 1.89. The number of halogens is 1. The first-order valence-corrected chi connectivity index (χ1v) is 9.95. The zero-order valence-corrected chi connectivity index (χ0v) is 16.9. The normalized spacial score (nSPS) is 26.8. The number of piperazine rings is 1. The van der Waals surface area contributed by atoms with Crippen molar-refractivity contribution in [2.24, 2.45) is 17.6 Å². The molecule has 1 aliphatic carbocycles. The molecule has 3 fully saturated rings. The molecule has 8 nitrogen and oxygen atoms in total. The summed E-state index contributed by atoms with van der Waals surface area (Å²) in [7, 11) is 0. The molecule has 3 aliphatic rings. The number of likely N-dealkylation sites (tertiary alicyclic amines) is 1. The van der Waals surface area contributed by atoms with Crippen LogP contribution in [-0.4, -0.2) is 76.9 Å². The van der Waals surface area contributed by atoms with Gasteiger partial charge in [-0.15, -0.1) is 12.4 Å². The van der Waals surface area contributed by atoms with Crippen LogP contribution in [0.15, 0.2) is 18.5 Å². The third-order valence-corrected chi connectivity index (χ3v) is 6.29. The van der Waals surface area contributed by atoms with Gasteiger partial charge < -0.3 is 20.4 Å². The summed E-state index contributed by atoms with van der Waals surface area (Å²) in [5.41, 5.74) is 6.14. The van der Waals surface area contributed by atoms with Crippen LogP contribution in [0.1, 0.15) is 25.7 Å². The SMILES string of the molecule is Cl.NC1CCC2CN(C(=O)CCC(=O)N3CCN(c4ncccn4)CC3)CC12. The molecule has 3 heterocycles. The minimum Gasteiger partial charge on any atom is -0.342 e. The van der Waals surface area contributed by atoms with Gasteiger partial charge in [-0.2, -0.15) is 0 Å². The zero-order chi connectivity index (χ0) is 18.8. The minimum absolute atomic E-state index is 0. The summed E-state index contributed by atoms with van der Waals surface area (Å²) in [6.07, 6.45) is 6.25. The Bertz CT molecular complexity index is 682. The first kappa shape index (κ1) is 20.8. The number of carbonyl (C=O) groups is 2. The lowest BCUT2D eigenvalue weighted by atomic mass is 9.98. The lowest BCUT2D eigenvalue weighted by Crippen LogP contribution is -2.49. The van der Waals surface area contributed by atoms with Gasteiger partial charge >= 0.3 is 0 Å². The zero-order valence-electron chi connectivity index (χ0n) is 16.1. The molecular formula is C19H29ClN6O2. The Kier molecular flexibility index (Phi) is 6.72. The van der Waals surface area contributed by atoms with Gasteiger partial charge in [0.05, 0.1) is 0 Å². The van der Waals surface area contributed by atoms with Gasteiger partial charge in [-0.05, 0) is 30.7 Å². The van der Waals surface area contributed by atoms with Gasteiger partial charge in [0.1, 0.15) is 0 Å². The highest BCUT2D eigenvalue weighted by Gasteiger charge is 2.42. The van der Waals surface area contributed by atoms with E-state index in [0.29, 0.717) is 43.7 Å². The fourth-order valence-electron chi connectivity index (χ4n) is 4.65. The van der Waals surface area contributed by atoms with E-state index in [-0.39, 0.29) is 30.3 Å². The number of nitrogens with zero attached hydrogens (tertiary/aromatic N) is 5. The molecule has 2 N–H and O–H groups in total. The lowest BCUT2D eigenvalue weighted by Gasteiger charge is -2.34. The van der Waals surface area contributed by atoms with Gasteiger partial charge in [0, 0.05) is 70.5 Å². The van der Waals surface area contributed by atoms with E-state index in [2.05, 4.69) is 14.9 Å². The van der Waals surface area contributed by atoms with Crippen molar-refractivity contribution in [2.45, 2.75) is 31.7 Å². The number of aromatic nitrogens is 2. The van der Waals surface area contributed by atoms with Crippen LogP contribution in [0.2, 0.25) is 0 Å². The smallest absolute Gasteiger partial charge is 0.225 e. The van der Waals surface area contributed by atoms with Crippen LogP contribution in [0.4, 0.5) is 5.95 Å². The van der Waals surface area contributed by atoms with Crippen molar-refractivity contribution < 1.29 is 9.59 Å². The van der Waals surface area contributed by atoms with E-state index in [4.69, 9.17) is 5.73 Å². The van der Waals surface area contributed by atoms with E-state index in [9.17, 15) is 9.59 Å². The van der Waals surface area contributed by atoms with Gasteiger partial charge in [0.15, 0.2) is 0 Å². The Morgan fingerprint density at radius 3 is 2.25 bits per heavy atom. The molecule has 0 aromatic carbocycles. The fraction of sp³-hybridized carbons (Fsp3) is 0.684. The lowest BCUT2D eigenvalue weighted by molar-refractivity contribution is -0.136. The standard InChI is InChI=1S/C19H28N6O2.ClH/c20-16-3-2-14-12-25(13-15(14)16)18(27)5-4-17(26)23-8-10-24(11-9-23)19-21-6-1-7-22-19;/h1,6-7,14-16H,2-5,8-13,20H2;1H. The van der Waals surface area contributed by atoms with Crippen LogP contribution in [0, 0.1) is 11.8 Å². The van der Waals surface area contributed by atoms with Gasteiger partial charge in [-0.25, -0.2) is 9.97 Å². The maximum atomic E-state index is 12.5. The molecule has 1 aromatic heterocycles.